The first-order chi connectivity index (χ1) is 9.20. The fraction of sp³-hybridized carbons (Fsp3) is 0.357. The van der Waals surface area contributed by atoms with E-state index in [2.05, 4.69) is 22.0 Å². The van der Waals surface area contributed by atoms with E-state index < -0.39 is 0 Å². The quantitative estimate of drug-likeness (QED) is 0.925. The Morgan fingerprint density at radius 2 is 1.95 bits per heavy atom. The number of thiazole rings is 1. The highest BCUT2D eigenvalue weighted by atomic mass is 35.5. The summed E-state index contributed by atoms with van der Waals surface area (Å²) in [6.45, 7) is 3.08. The standard InChI is InChI=1S/C14H16ClN3S/c15-11-3-1-10(2-4-11)9-18-7-5-12-13(6-8-18)19-14(16)17-12/h1-4H,5-9H2,(H2,16,17). The van der Waals surface area contributed by atoms with E-state index in [9.17, 15) is 0 Å². The van der Waals surface area contributed by atoms with E-state index in [1.54, 1.807) is 11.3 Å². The summed E-state index contributed by atoms with van der Waals surface area (Å²) in [7, 11) is 0. The van der Waals surface area contributed by atoms with E-state index in [-0.39, 0.29) is 0 Å². The Labute approximate surface area is 122 Å². The van der Waals surface area contributed by atoms with E-state index in [4.69, 9.17) is 17.3 Å². The fourth-order valence-corrected chi connectivity index (χ4v) is 3.43. The summed E-state index contributed by atoms with van der Waals surface area (Å²) in [5.74, 6) is 0. The predicted octanol–water partition coefficient (Wildman–Crippen LogP) is 2.98. The van der Waals surface area contributed by atoms with Crippen LogP contribution >= 0.6 is 22.9 Å². The van der Waals surface area contributed by atoms with Crippen molar-refractivity contribution < 1.29 is 0 Å². The molecule has 1 aromatic carbocycles. The summed E-state index contributed by atoms with van der Waals surface area (Å²) in [6, 6.07) is 8.10. The summed E-state index contributed by atoms with van der Waals surface area (Å²) in [5, 5.41) is 1.50. The van der Waals surface area contributed by atoms with Crippen molar-refractivity contribution in [3.8, 4) is 0 Å². The molecule has 0 atom stereocenters. The highest BCUT2D eigenvalue weighted by Crippen LogP contribution is 2.24. The lowest BCUT2D eigenvalue weighted by atomic mass is 10.2. The number of aromatic nitrogens is 1. The number of rotatable bonds is 2. The van der Waals surface area contributed by atoms with Crippen molar-refractivity contribution in [3.63, 3.8) is 0 Å². The average molecular weight is 294 g/mol. The van der Waals surface area contributed by atoms with Crippen molar-refractivity contribution in [3.05, 3.63) is 45.4 Å². The second kappa shape index (κ2) is 5.49. The first-order valence-corrected chi connectivity index (χ1v) is 7.61. The zero-order chi connectivity index (χ0) is 13.2. The van der Waals surface area contributed by atoms with Crippen molar-refractivity contribution in [1.29, 1.82) is 0 Å². The lowest BCUT2D eigenvalue weighted by Crippen LogP contribution is -2.26. The molecule has 1 aromatic heterocycles. The lowest BCUT2D eigenvalue weighted by molar-refractivity contribution is 0.279. The number of halogens is 1. The number of nitrogens with two attached hydrogens (primary N) is 1. The van der Waals surface area contributed by atoms with E-state index >= 15 is 0 Å². The molecule has 100 valence electrons. The van der Waals surface area contributed by atoms with Crippen LogP contribution in [0, 0.1) is 0 Å². The normalized spacial score (nSPS) is 16.1. The van der Waals surface area contributed by atoms with Gasteiger partial charge >= 0.3 is 0 Å². The smallest absolute Gasteiger partial charge is 0.180 e. The number of nitrogens with zero attached hydrogens (tertiary/aromatic N) is 2. The Hall–Kier alpha value is -1.10. The monoisotopic (exact) mass is 293 g/mol. The topological polar surface area (TPSA) is 42.1 Å². The molecule has 3 rings (SSSR count). The minimum absolute atomic E-state index is 0.705. The molecule has 0 bridgehead atoms. The van der Waals surface area contributed by atoms with E-state index in [1.807, 2.05) is 12.1 Å². The average Bonchev–Trinajstić information content (AvgIpc) is 2.66. The maximum atomic E-state index is 5.91. The third-order valence-corrected chi connectivity index (χ3v) is 4.67. The molecule has 2 aromatic rings. The van der Waals surface area contributed by atoms with Crippen molar-refractivity contribution in [2.24, 2.45) is 0 Å². The van der Waals surface area contributed by atoms with Gasteiger partial charge in [-0.3, -0.25) is 4.90 Å². The van der Waals surface area contributed by atoms with Crippen molar-refractivity contribution in [2.75, 3.05) is 18.8 Å². The van der Waals surface area contributed by atoms with Crippen LogP contribution in [0.25, 0.3) is 0 Å². The Balaban J connectivity index is 1.65. The predicted molar refractivity (Wildman–Crippen MR) is 80.7 cm³/mol. The van der Waals surface area contributed by atoms with Gasteiger partial charge in [0.25, 0.3) is 0 Å². The van der Waals surface area contributed by atoms with Crippen LogP contribution in [0.2, 0.25) is 5.02 Å². The second-order valence-electron chi connectivity index (χ2n) is 4.82. The van der Waals surface area contributed by atoms with E-state index in [0.717, 1.165) is 37.5 Å². The van der Waals surface area contributed by atoms with Crippen LogP contribution in [0.1, 0.15) is 16.1 Å². The molecule has 0 amide bonds. The first-order valence-electron chi connectivity index (χ1n) is 6.41. The zero-order valence-corrected chi connectivity index (χ0v) is 12.2. The summed E-state index contributed by atoms with van der Waals surface area (Å²) in [5.41, 5.74) is 8.27. The van der Waals surface area contributed by atoms with Gasteiger partial charge in [0.1, 0.15) is 0 Å². The number of fused-ring (bicyclic) bond motifs is 1. The third-order valence-electron chi connectivity index (χ3n) is 3.43. The molecule has 5 heteroatoms. The number of benzene rings is 1. The van der Waals surface area contributed by atoms with Gasteiger partial charge in [0.05, 0.1) is 5.69 Å². The van der Waals surface area contributed by atoms with Crippen LogP contribution in [0.4, 0.5) is 5.13 Å². The Morgan fingerprint density at radius 1 is 1.21 bits per heavy atom. The minimum Gasteiger partial charge on any atom is -0.375 e. The van der Waals surface area contributed by atoms with E-state index in [1.165, 1.54) is 16.1 Å². The van der Waals surface area contributed by atoms with Crippen LogP contribution in [-0.4, -0.2) is 23.0 Å². The number of hydrogen-bond donors (Lipinski definition) is 1. The van der Waals surface area contributed by atoms with Crippen LogP contribution in [-0.2, 0) is 19.4 Å². The second-order valence-corrected chi connectivity index (χ2v) is 6.38. The van der Waals surface area contributed by atoms with Gasteiger partial charge in [0.15, 0.2) is 5.13 Å². The Bertz CT molecular complexity index is 539. The van der Waals surface area contributed by atoms with Crippen LogP contribution < -0.4 is 5.73 Å². The Morgan fingerprint density at radius 3 is 2.74 bits per heavy atom. The van der Waals surface area contributed by atoms with Gasteiger partial charge in [-0.15, -0.1) is 11.3 Å². The van der Waals surface area contributed by atoms with Gasteiger partial charge in [0, 0.05) is 36.0 Å². The molecule has 0 unspecified atom stereocenters. The summed E-state index contributed by atoms with van der Waals surface area (Å²) >= 11 is 7.55. The maximum absolute atomic E-state index is 5.91. The first kappa shape index (κ1) is 12.9. The molecule has 3 nitrogen and oxygen atoms in total. The third kappa shape index (κ3) is 3.08. The van der Waals surface area contributed by atoms with Gasteiger partial charge in [-0.1, -0.05) is 23.7 Å². The van der Waals surface area contributed by atoms with Crippen molar-refractivity contribution in [1.82, 2.24) is 9.88 Å². The molecule has 1 aliphatic rings. The number of hydrogen-bond acceptors (Lipinski definition) is 4. The van der Waals surface area contributed by atoms with Crippen molar-refractivity contribution >= 4 is 28.1 Å². The number of nitrogen functional groups attached to an aromatic ring is 1. The molecule has 0 aliphatic carbocycles. The molecule has 0 fully saturated rings. The van der Waals surface area contributed by atoms with Crippen LogP contribution in [0.5, 0.6) is 0 Å². The largest absolute Gasteiger partial charge is 0.375 e. The molecule has 2 heterocycles. The van der Waals surface area contributed by atoms with Gasteiger partial charge in [0.2, 0.25) is 0 Å². The molecular formula is C14H16ClN3S. The molecule has 0 saturated heterocycles. The molecule has 19 heavy (non-hydrogen) atoms. The zero-order valence-electron chi connectivity index (χ0n) is 10.6. The molecule has 0 radical (unpaired) electrons. The number of anilines is 1. The van der Waals surface area contributed by atoms with Gasteiger partial charge in [-0.25, -0.2) is 4.98 Å². The SMILES string of the molecule is Nc1nc2c(s1)CCN(Cc1ccc(Cl)cc1)CC2. The summed E-state index contributed by atoms with van der Waals surface area (Å²) in [6.07, 6.45) is 2.05. The summed E-state index contributed by atoms with van der Waals surface area (Å²) in [4.78, 5) is 8.24. The Kier molecular flexibility index (Phi) is 3.73. The fourth-order valence-electron chi connectivity index (χ4n) is 2.44. The van der Waals surface area contributed by atoms with E-state index in [0.29, 0.717) is 5.13 Å². The van der Waals surface area contributed by atoms with Crippen molar-refractivity contribution in [2.45, 2.75) is 19.4 Å². The molecular weight excluding hydrogens is 278 g/mol. The minimum atomic E-state index is 0.705. The highest BCUT2D eigenvalue weighted by Gasteiger charge is 2.17. The van der Waals surface area contributed by atoms with Gasteiger partial charge < -0.3 is 5.73 Å². The molecule has 0 spiro atoms. The van der Waals surface area contributed by atoms with Crippen LogP contribution in [0.3, 0.4) is 0 Å². The van der Waals surface area contributed by atoms with Gasteiger partial charge in [-0.05, 0) is 24.1 Å². The molecule has 2 N–H and O–H groups in total. The lowest BCUT2D eigenvalue weighted by Gasteiger charge is -2.19. The molecule has 0 saturated carbocycles. The maximum Gasteiger partial charge on any atom is 0.180 e. The molecule has 1 aliphatic heterocycles. The highest BCUT2D eigenvalue weighted by molar-refractivity contribution is 7.15. The van der Waals surface area contributed by atoms with Gasteiger partial charge in [-0.2, -0.15) is 0 Å². The van der Waals surface area contributed by atoms with Crippen LogP contribution in [0.15, 0.2) is 24.3 Å². The summed E-state index contributed by atoms with van der Waals surface area (Å²) < 4.78 is 0.